The molecule has 3 aromatic rings. The first-order valence-electron chi connectivity index (χ1n) is 7.01. The summed E-state index contributed by atoms with van der Waals surface area (Å²) in [6.45, 7) is 0. The van der Waals surface area contributed by atoms with Crippen LogP contribution >= 0.6 is 0 Å². The molecular formula is C18H12O6. The maximum Gasteiger partial charge on any atom is 0.351 e. The molecule has 1 aromatic heterocycles. The summed E-state index contributed by atoms with van der Waals surface area (Å²) in [6, 6.07) is 12.8. The van der Waals surface area contributed by atoms with Gasteiger partial charge in [-0.1, -0.05) is 24.3 Å². The standard InChI is InChI=1S/C18H12O6/c1-22-15-8-4-6-12(10-19)16(15)24-18(21)13-9-11-5-2-3-7-14(11)23-17(13)20/h2-10H,1H3. The Kier molecular flexibility index (Phi) is 4.11. The molecule has 0 amide bonds. The van der Waals surface area contributed by atoms with Gasteiger partial charge in [0.1, 0.15) is 11.1 Å². The second-order valence-corrected chi connectivity index (χ2v) is 4.87. The van der Waals surface area contributed by atoms with E-state index in [0.29, 0.717) is 17.3 Å². The zero-order chi connectivity index (χ0) is 17.1. The minimum absolute atomic E-state index is 0.0486. The molecule has 0 radical (unpaired) electrons. The van der Waals surface area contributed by atoms with Crippen molar-refractivity contribution in [3.63, 3.8) is 0 Å². The van der Waals surface area contributed by atoms with E-state index >= 15 is 0 Å². The number of fused-ring (bicyclic) bond motifs is 1. The number of rotatable bonds is 4. The van der Waals surface area contributed by atoms with Crippen LogP contribution in [0.1, 0.15) is 20.7 Å². The predicted molar refractivity (Wildman–Crippen MR) is 85.8 cm³/mol. The number of aldehydes is 1. The second-order valence-electron chi connectivity index (χ2n) is 4.87. The Bertz CT molecular complexity index is 986. The Hall–Kier alpha value is -3.41. The van der Waals surface area contributed by atoms with Gasteiger partial charge in [0.25, 0.3) is 0 Å². The van der Waals surface area contributed by atoms with Crippen LogP contribution in [0, 0.1) is 0 Å². The third kappa shape index (κ3) is 2.77. The van der Waals surface area contributed by atoms with Crippen molar-refractivity contribution in [1.82, 2.24) is 0 Å². The molecule has 0 spiro atoms. The number of ether oxygens (including phenoxy) is 2. The van der Waals surface area contributed by atoms with Gasteiger partial charge in [0.05, 0.1) is 12.7 Å². The zero-order valence-electron chi connectivity index (χ0n) is 12.6. The van der Waals surface area contributed by atoms with Gasteiger partial charge in [-0.25, -0.2) is 9.59 Å². The Balaban J connectivity index is 2.04. The Labute approximate surface area is 136 Å². The summed E-state index contributed by atoms with van der Waals surface area (Å²) in [5.41, 5.74) is -0.587. The average molecular weight is 324 g/mol. The number of carbonyl (C=O) groups excluding carboxylic acids is 2. The smallest absolute Gasteiger partial charge is 0.351 e. The van der Waals surface area contributed by atoms with Crippen LogP contribution in [-0.4, -0.2) is 19.4 Å². The van der Waals surface area contributed by atoms with Crippen LogP contribution in [-0.2, 0) is 0 Å². The van der Waals surface area contributed by atoms with Gasteiger partial charge in [0.2, 0.25) is 0 Å². The van der Waals surface area contributed by atoms with Gasteiger partial charge in [-0.15, -0.1) is 0 Å². The van der Waals surface area contributed by atoms with Gasteiger partial charge >= 0.3 is 11.6 Å². The maximum atomic E-state index is 12.4. The molecule has 0 aliphatic heterocycles. The van der Waals surface area contributed by atoms with Crippen LogP contribution in [0.5, 0.6) is 11.5 Å². The predicted octanol–water partition coefficient (Wildman–Crippen LogP) is 2.83. The number of esters is 1. The first kappa shape index (κ1) is 15.5. The summed E-state index contributed by atoms with van der Waals surface area (Å²) in [4.78, 5) is 35.5. The minimum atomic E-state index is -0.929. The molecule has 3 rings (SSSR count). The maximum absolute atomic E-state index is 12.4. The summed E-state index contributed by atoms with van der Waals surface area (Å²) in [7, 11) is 1.38. The molecule has 0 aliphatic carbocycles. The Morgan fingerprint density at radius 1 is 1.12 bits per heavy atom. The van der Waals surface area contributed by atoms with Crippen molar-refractivity contribution in [3.05, 3.63) is 70.1 Å². The van der Waals surface area contributed by atoms with E-state index in [1.165, 1.54) is 19.2 Å². The van der Waals surface area contributed by atoms with Crippen LogP contribution in [0.15, 0.2) is 57.7 Å². The summed E-state index contributed by atoms with van der Waals surface area (Å²) in [5.74, 6) is -0.771. The van der Waals surface area contributed by atoms with Gasteiger partial charge < -0.3 is 13.9 Å². The summed E-state index contributed by atoms with van der Waals surface area (Å²) in [5, 5.41) is 0.583. The van der Waals surface area contributed by atoms with Gasteiger partial charge in [-0.3, -0.25) is 4.79 Å². The van der Waals surface area contributed by atoms with E-state index in [9.17, 15) is 14.4 Å². The summed E-state index contributed by atoms with van der Waals surface area (Å²) >= 11 is 0. The number of hydrogen-bond acceptors (Lipinski definition) is 6. The molecule has 0 fully saturated rings. The van der Waals surface area contributed by atoms with Crippen molar-refractivity contribution in [2.45, 2.75) is 0 Å². The molecule has 24 heavy (non-hydrogen) atoms. The molecule has 1 heterocycles. The third-order valence-electron chi connectivity index (χ3n) is 3.41. The van der Waals surface area contributed by atoms with Crippen molar-refractivity contribution >= 4 is 23.2 Å². The molecular weight excluding hydrogens is 312 g/mol. The molecule has 0 aliphatic rings. The Morgan fingerprint density at radius 3 is 2.67 bits per heavy atom. The minimum Gasteiger partial charge on any atom is -0.493 e. The van der Waals surface area contributed by atoms with Crippen LogP contribution in [0.4, 0.5) is 0 Å². The van der Waals surface area contributed by atoms with Crippen molar-refractivity contribution in [3.8, 4) is 11.5 Å². The van der Waals surface area contributed by atoms with E-state index in [2.05, 4.69) is 0 Å². The van der Waals surface area contributed by atoms with E-state index in [1.54, 1.807) is 36.4 Å². The lowest BCUT2D eigenvalue weighted by molar-refractivity contribution is 0.0724. The van der Waals surface area contributed by atoms with Crippen molar-refractivity contribution in [2.75, 3.05) is 7.11 Å². The van der Waals surface area contributed by atoms with E-state index < -0.39 is 11.6 Å². The van der Waals surface area contributed by atoms with E-state index in [0.717, 1.165) is 0 Å². The molecule has 120 valence electrons. The Morgan fingerprint density at radius 2 is 1.92 bits per heavy atom. The van der Waals surface area contributed by atoms with Crippen LogP contribution in [0.25, 0.3) is 11.0 Å². The van der Waals surface area contributed by atoms with Crippen molar-refractivity contribution in [1.29, 1.82) is 0 Å². The highest BCUT2D eigenvalue weighted by molar-refractivity contribution is 5.95. The van der Waals surface area contributed by atoms with Crippen LogP contribution < -0.4 is 15.1 Å². The van der Waals surface area contributed by atoms with E-state index in [-0.39, 0.29) is 22.6 Å². The highest BCUT2D eigenvalue weighted by Crippen LogP contribution is 2.30. The zero-order valence-corrected chi connectivity index (χ0v) is 12.6. The fourth-order valence-corrected chi connectivity index (χ4v) is 2.25. The highest BCUT2D eigenvalue weighted by atomic mass is 16.6. The lowest BCUT2D eigenvalue weighted by Crippen LogP contribution is -2.19. The number of benzene rings is 2. The number of carbonyl (C=O) groups is 2. The van der Waals surface area contributed by atoms with Crippen molar-refractivity contribution < 1.29 is 23.5 Å². The van der Waals surface area contributed by atoms with Gasteiger partial charge in [0, 0.05) is 5.39 Å². The lowest BCUT2D eigenvalue weighted by atomic mass is 10.2. The molecule has 2 aromatic carbocycles. The fraction of sp³-hybridized carbons (Fsp3) is 0.0556. The SMILES string of the molecule is COc1cccc(C=O)c1OC(=O)c1cc2ccccc2oc1=O. The molecule has 0 N–H and O–H groups in total. The van der Waals surface area contributed by atoms with Gasteiger partial charge in [-0.2, -0.15) is 0 Å². The molecule has 0 saturated heterocycles. The normalized spacial score (nSPS) is 10.4. The number of hydrogen-bond donors (Lipinski definition) is 0. The van der Waals surface area contributed by atoms with Gasteiger partial charge in [0.15, 0.2) is 17.8 Å². The monoisotopic (exact) mass is 324 g/mol. The quantitative estimate of drug-likeness (QED) is 0.318. The molecule has 0 unspecified atom stereocenters. The van der Waals surface area contributed by atoms with Gasteiger partial charge in [-0.05, 0) is 24.3 Å². The van der Waals surface area contributed by atoms with Crippen molar-refractivity contribution in [2.24, 2.45) is 0 Å². The average Bonchev–Trinajstić information content (AvgIpc) is 2.61. The topological polar surface area (TPSA) is 82.8 Å². The van der Waals surface area contributed by atoms with Crippen LogP contribution in [0.3, 0.4) is 0 Å². The lowest BCUT2D eigenvalue weighted by Gasteiger charge is -2.10. The highest BCUT2D eigenvalue weighted by Gasteiger charge is 2.20. The fourth-order valence-electron chi connectivity index (χ4n) is 2.25. The molecule has 0 atom stereocenters. The summed E-state index contributed by atoms with van der Waals surface area (Å²) < 4.78 is 15.4. The third-order valence-corrected chi connectivity index (χ3v) is 3.41. The van der Waals surface area contributed by atoms with E-state index in [4.69, 9.17) is 13.9 Å². The first-order chi connectivity index (χ1) is 11.6. The van der Waals surface area contributed by atoms with Crippen LogP contribution in [0.2, 0.25) is 0 Å². The second kappa shape index (κ2) is 6.37. The number of methoxy groups -OCH3 is 1. The molecule has 6 heteroatoms. The summed E-state index contributed by atoms with van der Waals surface area (Å²) in [6.07, 6.45) is 0.536. The molecule has 6 nitrogen and oxygen atoms in total. The number of para-hydroxylation sites is 2. The molecule has 0 saturated carbocycles. The molecule has 0 bridgehead atoms. The largest absolute Gasteiger partial charge is 0.493 e. The van der Waals surface area contributed by atoms with E-state index in [1.807, 2.05) is 0 Å². The first-order valence-corrected chi connectivity index (χ1v) is 7.01.